The molecule has 7 N–H and O–H groups in total. The molecule has 2 fully saturated rings. The third-order valence-electron chi connectivity index (χ3n) is 8.09. The van der Waals surface area contributed by atoms with Crippen LogP contribution < -0.4 is 0 Å². The largest absolute Gasteiger partial charge is 0.462 e. The lowest BCUT2D eigenvalue weighted by atomic mass is 9.98. The van der Waals surface area contributed by atoms with E-state index in [0.717, 1.165) is 25.7 Å². The van der Waals surface area contributed by atoms with Crippen LogP contribution in [0, 0.1) is 0 Å². The van der Waals surface area contributed by atoms with Gasteiger partial charge in [-0.2, -0.15) is 0 Å². The first-order valence-electron chi connectivity index (χ1n) is 16.6. The van der Waals surface area contributed by atoms with Crippen LogP contribution in [-0.2, 0) is 38.0 Å². The number of hydrogen-bond donors (Lipinski definition) is 7. The highest BCUT2D eigenvalue weighted by atomic mass is 16.7. The maximum absolute atomic E-state index is 12.6. The number of aliphatic hydroxyl groups excluding tert-OH is 7. The van der Waals surface area contributed by atoms with E-state index in [1.165, 1.54) is 25.7 Å². The summed E-state index contributed by atoms with van der Waals surface area (Å²) in [5.74, 6) is -0.973. The molecule has 0 aromatic heterocycles. The van der Waals surface area contributed by atoms with Gasteiger partial charge < -0.3 is 64.2 Å². The smallest absolute Gasteiger partial charge is 0.306 e. The summed E-state index contributed by atoms with van der Waals surface area (Å²) < 4.78 is 32.7. The van der Waals surface area contributed by atoms with Crippen LogP contribution in [0.15, 0.2) is 0 Å². The van der Waals surface area contributed by atoms with E-state index < -0.39 is 92.7 Å². The molecule has 0 aromatic carbocycles. The van der Waals surface area contributed by atoms with Crippen molar-refractivity contribution in [3.63, 3.8) is 0 Å². The van der Waals surface area contributed by atoms with Crippen LogP contribution in [-0.4, -0.2) is 142 Å². The Morgan fingerprint density at radius 1 is 0.609 bits per heavy atom. The van der Waals surface area contributed by atoms with Crippen LogP contribution in [0.2, 0.25) is 0 Å². The second-order valence-corrected chi connectivity index (χ2v) is 12.0. The fourth-order valence-corrected chi connectivity index (χ4v) is 5.13. The molecular weight excluding hydrogens is 612 g/mol. The fourth-order valence-electron chi connectivity index (χ4n) is 5.13. The van der Waals surface area contributed by atoms with Crippen LogP contribution in [0.1, 0.15) is 90.9 Å². The Morgan fingerprint density at radius 3 is 1.74 bits per heavy atom. The van der Waals surface area contributed by atoms with Crippen molar-refractivity contribution in [3.05, 3.63) is 0 Å². The highest BCUT2D eigenvalue weighted by Gasteiger charge is 2.47. The fraction of sp³-hybridized carbons (Fsp3) is 0.935. The van der Waals surface area contributed by atoms with Crippen LogP contribution in [0.4, 0.5) is 0 Å². The van der Waals surface area contributed by atoms with Crippen molar-refractivity contribution in [2.45, 2.75) is 158 Å². The predicted molar refractivity (Wildman–Crippen MR) is 160 cm³/mol. The zero-order chi connectivity index (χ0) is 34.1. The molecule has 0 radical (unpaired) electrons. The zero-order valence-corrected chi connectivity index (χ0v) is 27.1. The topological polar surface area (TPSA) is 231 Å². The molecule has 46 heavy (non-hydrogen) atoms. The summed E-state index contributed by atoms with van der Waals surface area (Å²) in [5, 5.41) is 70.9. The molecule has 0 bridgehead atoms. The number of aliphatic hydroxyl groups is 7. The lowest BCUT2D eigenvalue weighted by Gasteiger charge is -2.42. The standard InChI is InChI=1S/C31H56O15/c1-3-5-7-8-9-10-11-12-14-23(34)44-19(16-41-22(33)13-6-4-2)17-42-30-29(40)27(38)25(36)21(46-30)18-43-31-28(39)26(37)24(35)20(15-32)45-31/h19-21,24-32,35-40H,3-18H2,1-2H3. The minimum absolute atomic E-state index is 0.167. The van der Waals surface area contributed by atoms with Gasteiger partial charge in [0.25, 0.3) is 0 Å². The first-order chi connectivity index (χ1) is 22.0. The van der Waals surface area contributed by atoms with Crippen molar-refractivity contribution in [2.75, 3.05) is 26.4 Å². The summed E-state index contributed by atoms with van der Waals surface area (Å²) in [5.41, 5.74) is 0. The molecule has 0 aromatic rings. The van der Waals surface area contributed by atoms with E-state index >= 15 is 0 Å². The van der Waals surface area contributed by atoms with E-state index in [0.29, 0.717) is 12.8 Å². The lowest BCUT2D eigenvalue weighted by molar-refractivity contribution is -0.332. The molecule has 15 nitrogen and oxygen atoms in total. The molecular formula is C31H56O15. The highest BCUT2D eigenvalue weighted by molar-refractivity contribution is 5.70. The first-order valence-corrected chi connectivity index (χ1v) is 16.6. The van der Waals surface area contributed by atoms with Crippen molar-refractivity contribution in [1.82, 2.24) is 0 Å². The van der Waals surface area contributed by atoms with Gasteiger partial charge >= 0.3 is 11.9 Å². The molecule has 11 atom stereocenters. The second kappa shape index (κ2) is 22.2. The average molecular weight is 669 g/mol. The van der Waals surface area contributed by atoms with Crippen molar-refractivity contribution in [3.8, 4) is 0 Å². The van der Waals surface area contributed by atoms with E-state index in [9.17, 15) is 45.3 Å². The molecule has 0 spiro atoms. The number of carbonyl (C=O) groups is 2. The van der Waals surface area contributed by atoms with Gasteiger partial charge in [0.1, 0.15) is 55.4 Å². The number of rotatable bonds is 22. The quantitative estimate of drug-likeness (QED) is 0.0585. The lowest BCUT2D eigenvalue weighted by Crippen LogP contribution is -2.61. The Kier molecular flexibility index (Phi) is 19.6. The Balaban J connectivity index is 1.93. The second-order valence-electron chi connectivity index (χ2n) is 12.0. The molecule has 2 aliphatic rings. The van der Waals surface area contributed by atoms with E-state index in [1.807, 2.05) is 6.92 Å². The molecule has 2 heterocycles. The number of unbranched alkanes of at least 4 members (excludes halogenated alkanes) is 8. The van der Waals surface area contributed by atoms with Gasteiger partial charge in [0.05, 0.1) is 19.8 Å². The van der Waals surface area contributed by atoms with Crippen molar-refractivity contribution < 1.29 is 73.8 Å². The van der Waals surface area contributed by atoms with Gasteiger partial charge in [0.15, 0.2) is 18.7 Å². The number of carbonyl (C=O) groups excluding carboxylic acids is 2. The summed E-state index contributed by atoms with van der Waals surface area (Å²) >= 11 is 0. The Bertz CT molecular complexity index is 845. The normalized spacial score (nSPS) is 32.2. The van der Waals surface area contributed by atoms with E-state index in [2.05, 4.69) is 6.92 Å². The van der Waals surface area contributed by atoms with E-state index in [4.69, 9.17) is 28.4 Å². The zero-order valence-electron chi connectivity index (χ0n) is 27.1. The number of ether oxygens (including phenoxy) is 6. The molecule has 2 saturated heterocycles. The van der Waals surface area contributed by atoms with Crippen LogP contribution in [0.3, 0.4) is 0 Å². The molecule has 0 amide bonds. The maximum atomic E-state index is 12.6. The Morgan fingerprint density at radius 2 is 1.13 bits per heavy atom. The number of esters is 2. The van der Waals surface area contributed by atoms with Crippen molar-refractivity contribution in [2.24, 2.45) is 0 Å². The minimum atomic E-state index is -1.75. The molecule has 0 aliphatic carbocycles. The summed E-state index contributed by atoms with van der Waals surface area (Å²) in [6.45, 7) is 2.21. The summed E-state index contributed by atoms with van der Waals surface area (Å²) in [6.07, 6.45) is -6.59. The first kappa shape index (κ1) is 40.7. The Labute approximate surface area is 270 Å². The number of hydrogen-bond acceptors (Lipinski definition) is 15. The predicted octanol–water partition coefficient (Wildman–Crippen LogP) is -0.197. The summed E-state index contributed by atoms with van der Waals surface area (Å²) in [7, 11) is 0. The van der Waals surface area contributed by atoms with Gasteiger partial charge in [-0.3, -0.25) is 9.59 Å². The van der Waals surface area contributed by atoms with Crippen molar-refractivity contribution in [1.29, 1.82) is 0 Å². The van der Waals surface area contributed by atoms with Gasteiger partial charge in [-0.05, 0) is 12.8 Å². The molecule has 2 aliphatic heterocycles. The van der Waals surface area contributed by atoms with Crippen LogP contribution in [0.5, 0.6) is 0 Å². The van der Waals surface area contributed by atoms with E-state index in [1.54, 1.807) is 0 Å². The van der Waals surface area contributed by atoms with Gasteiger partial charge in [-0.1, -0.05) is 65.2 Å². The van der Waals surface area contributed by atoms with Gasteiger partial charge in [-0.25, -0.2) is 0 Å². The molecule has 0 saturated carbocycles. The van der Waals surface area contributed by atoms with Gasteiger partial charge in [0, 0.05) is 12.8 Å². The van der Waals surface area contributed by atoms with Crippen molar-refractivity contribution >= 4 is 11.9 Å². The van der Waals surface area contributed by atoms with E-state index in [-0.39, 0.29) is 26.1 Å². The highest BCUT2D eigenvalue weighted by Crippen LogP contribution is 2.26. The molecule has 15 heteroatoms. The Hall–Kier alpha value is -1.50. The third-order valence-corrected chi connectivity index (χ3v) is 8.09. The summed E-state index contributed by atoms with van der Waals surface area (Å²) in [4.78, 5) is 24.7. The molecule has 11 unspecified atom stereocenters. The van der Waals surface area contributed by atoms with Crippen LogP contribution in [0.25, 0.3) is 0 Å². The van der Waals surface area contributed by atoms with Gasteiger partial charge in [-0.15, -0.1) is 0 Å². The monoisotopic (exact) mass is 668 g/mol. The average Bonchev–Trinajstić information content (AvgIpc) is 3.04. The SMILES string of the molecule is CCCCCCCCCCC(=O)OC(COC(=O)CCCC)COC1OC(COC2OC(CO)C(O)C(O)C2O)C(O)C(O)C1O. The minimum Gasteiger partial charge on any atom is -0.462 e. The molecule has 2 rings (SSSR count). The molecule has 270 valence electrons. The summed E-state index contributed by atoms with van der Waals surface area (Å²) in [6, 6.07) is 0. The van der Waals surface area contributed by atoms with Crippen LogP contribution >= 0.6 is 0 Å². The maximum Gasteiger partial charge on any atom is 0.306 e. The van der Waals surface area contributed by atoms with Gasteiger partial charge in [0.2, 0.25) is 0 Å². The third kappa shape index (κ3) is 13.5.